The lowest BCUT2D eigenvalue weighted by Crippen LogP contribution is -1.89. The fraction of sp³-hybridized carbons (Fsp3) is 0.214. The summed E-state index contributed by atoms with van der Waals surface area (Å²) in [4.78, 5) is 9.72. The number of rotatable bonds is 2. The zero-order chi connectivity index (χ0) is 14.3. The molecule has 0 amide bonds. The van der Waals surface area contributed by atoms with Crippen LogP contribution < -0.4 is 5.73 Å². The van der Waals surface area contributed by atoms with Crippen LogP contribution >= 0.6 is 11.3 Å². The van der Waals surface area contributed by atoms with E-state index in [0.717, 1.165) is 32.4 Å². The first-order chi connectivity index (χ1) is 9.52. The van der Waals surface area contributed by atoms with Crippen molar-refractivity contribution in [2.75, 3.05) is 5.73 Å². The number of nitrogens with two attached hydrogens (primary N) is 1. The summed E-state index contributed by atoms with van der Waals surface area (Å²) in [7, 11) is 0. The Hall–Kier alpha value is -2.21. The van der Waals surface area contributed by atoms with E-state index in [9.17, 15) is 0 Å². The predicted octanol–water partition coefficient (Wildman–Crippen LogP) is 3.37. The molecule has 0 aliphatic carbocycles. The molecule has 0 fully saturated rings. The highest BCUT2D eigenvalue weighted by atomic mass is 32.1. The number of pyridine rings is 1. The highest BCUT2D eigenvalue weighted by molar-refractivity contribution is 7.19. The first-order valence-electron chi connectivity index (χ1n) is 6.18. The molecule has 0 unspecified atom stereocenters. The van der Waals surface area contributed by atoms with Gasteiger partial charge in [-0.2, -0.15) is 4.98 Å². The van der Waals surface area contributed by atoms with Crippen molar-refractivity contribution in [2.24, 2.45) is 0 Å². The van der Waals surface area contributed by atoms with Gasteiger partial charge in [-0.15, -0.1) is 11.3 Å². The molecule has 0 atom stereocenters. The third kappa shape index (κ3) is 2.30. The zero-order valence-electron chi connectivity index (χ0n) is 11.5. The molecular formula is C14H14N4OS. The van der Waals surface area contributed by atoms with Gasteiger partial charge in [-0.05, 0) is 44.5 Å². The molecule has 6 heteroatoms. The van der Waals surface area contributed by atoms with E-state index in [2.05, 4.69) is 15.1 Å². The van der Waals surface area contributed by atoms with Crippen molar-refractivity contribution < 1.29 is 4.52 Å². The molecule has 3 heterocycles. The molecule has 3 aromatic rings. The fourth-order valence-corrected chi connectivity index (χ4v) is 2.98. The summed E-state index contributed by atoms with van der Waals surface area (Å²) in [5.41, 5.74) is 9.62. The van der Waals surface area contributed by atoms with Gasteiger partial charge >= 0.3 is 0 Å². The van der Waals surface area contributed by atoms with Crippen LogP contribution in [0.2, 0.25) is 0 Å². The number of thiophene rings is 1. The Bertz CT molecular complexity index is 755. The van der Waals surface area contributed by atoms with Gasteiger partial charge in [-0.1, -0.05) is 5.16 Å². The van der Waals surface area contributed by atoms with Gasteiger partial charge in [0.1, 0.15) is 0 Å². The monoisotopic (exact) mass is 286 g/mol. The highest BCUT2D eigenvalue weighted by Crippen LogP contribution is 2.33. The van der Waals surface area contributed by atoms with Crippen LogP contribution in [0.4, 0.5) is 5.00 Å². The molecule has 0 aliphatic heterocycles. The van der Waals surface area contributed by atoms with Gasteiger partial charge in [-0.3, -0.25) is 4.98 Å². The smallest absolute Gasteiger partial charge is 0.268 e. The molecule has 0 bridgehead atoms. The molecule has 0 spiro atoms. The lowest BCUT2D eigenvalue weighted by molar-refractivity contribution is 0.433. The summed E-state index contributed by atoms with van der Waals surface area (Å²) in [5.74, 6) is 1.08. The molecule has 2 N–H and O–H groups in total. The summed E-state index contributed by atoms with van der Waals surface area (Å²) in [6.45, 7) is 5.87. The van der Waals surface area contributed by atoms with E-state index >= 15 is 0 Å². The summed E-state index contributed by atoms with van der Waals surface area (Å²) in [6.07, 6.45) is 0. The lowest BCUT2D eigenvalue weighted by atomic mass is 10.2. The molecule has 20 heavy (non-hydrogen) atoms. The van der Waals surface area contributed by atoms with Gasteiger partial charge in [0, 0.05) is 17.0 Å². The Kier molecular flexibility index (Phi) is 3.02. The molecule has 0 aliphatic rings. The van der Waals surface area contributed by atoms with Gasteiger partial charge < -0.3 is 10.3 Å². The molecular weight excluding hydrogens is 272 g/mol. The predicted molar refractivity (Wildman–Crippen MR) is 79.5 cm³/mol. The largest absolute Gasteiger partial charge is 0.391 e. The van der Waals surface area contributed by atoms with Crippen molar-refractivity contribution in [3.05, 3.63) is 35.2 Å². The maximum absolute atomic E-state index is 5.79. The van der Waals surface area contributed by atoms with E-state index in [4.69, 9.17) is 10.3 Å². The summed E-state index contributed by atoms with van der Waals surface area (Å²) < 4.78 is 5.35. The van der Waals surface area contributed by atoms with Crippen LogP contribution in [0.1, 0.15) is 17.0 Å². The summed E-state index contributed by atoms with van der Waals surface area (Å²) in [6, 6.07) is 5.79. The third-order valence-corrected chi connectivity index (χ3v) is 3.95. The fourth-order valence-electron chi connectivity index (χ4n) is 2.12. The van der Waals surface area contributed by atoms with Crippen LogP contribution in [-0.2, 0) is 0 Å². The second-order valence-electron chi connectivity index (χ2n) is 4.72. The molecule has 0 aromatic carbocycles. The summed E-state index contributed by atoms with van der Waals surface area (Å²) >= 11 is 1.45. The average molecular weight is 286 g/mol. The third-order valence-electron chi connectivity index (χ3n) is 2.90. The molecule has 5 nitrogen and oxygen atoms in total. The van der Waals surface area contributed by atoms with Crippen molar-refractivity contribution in [3.8, 4) is 22.2 Å². The normalized spacial score (nSPS) is 10.9. The molecule has 3 aromatic heterocycles. The molecule has 0 radical (unpaired) electrons. The Morgan fingerprint density at radius 3 is 2.35 bits per heavy atom. The van der Waals surface area contributed by atoms with Crippen molar-refractivity contribution >= 4 is 16.3 Å². The van der Waals surface area contributed by atoms with E-state index in [1.165, 1.54) is 11.3 Å². The minimum Gasteiger partial charge on any atom is -0.391 e. The van der Waals surface area contributed by atoms with Crippen molar-refractivity contribution in [2.45, 2.75) is 20.8 Å². The van der Waals surface area contributed by atoms with E-state index < -0.39 is 0 Å². The quantitative estimate of drug-likeness (QED) is 0.781. The molecule has 102 valence electrons. The number of hydrogen-bond acceptors (Lipinski definition) is 6. The SMILES string of the molecule is Cc1cc(-c2noc(-c3sc(N)cc3C)n2)cc(C)n1. The second kappa shape index (κ2) is 4.72. The minimum atomic E-state index is 0.506. The van der Waals surface area contributed by atoms with E-state index in [1.807, 2.05) is 39.0 Å². The maximum Gasteiger partial charge on any atom is 0.268 e. The first kappa shape index (κ1) is 12.8. The number of anilines is 1. The standard InChI is InChI=1S/C14H14N4OS/c1-7-4-11(15)20-12(7)14-17-13(18-19-14)10-5-8(2)16-9(3)6-10/h4-6H,15H2,1-3H3. The van der Waals surface area contributed by atoms with E-state index in [-0.39, 0.29) is 0 Å². The van der Waals surface area contributed by atoms with Crippen LogP contribution in [0, 0.1) is 20.8 Å². The van der Waals surface area contributed by atoms with Crippen molar-refractivity contribution in [1.82, 2.24) is 15.1 Å². The number of nitrogen functional groups attached to an aromatic ring is 1. The van der Waals surface area contributed by atoms with Crippen LogP contribution in [0.15, 0.2) is 22.7 Å². The molecule has 0 saturated heterocycles. The Balaban J connectivity index is 2.04. The van der Waals surface area contributed by atoms with Gasteiger partial charge in [-0.25, -0.2) is 0 Å². The Labute approximate surface area is 120 Å². The van der Waals surface area contributed by atoms with Gasteiger partial charge in [0.15, 0.2) is 0 Å². The maximum atomic E-state index is 5.79. The second-order valence-corrected chi connectivity index (χ2v) is 5.81. The van der Waals surface area contributed by atoms with Gasteiger partial charge in [0.25, 0.3) is 5.89 Å². The number of aryl methyl sites for hydroxylation is 3. The first-order valence-corrected chi connectivity index (χ1v) is 7.00. The zero-order valence-corrected chi connectivity index (χ0v) is 12.3. The molecule has 0 saturated carbocycles. The number of nitrogens with zero attached hydrogens (tertiary/aromatic N) is 3. The van der Waals surface area contributed by atoms with E-state index in [0.29, 0.717) is 11.7 Å². The Morgan fingerprint density at radius 2 is 1.75 bits per heavy atom. The van der Waals surface area contributed by atoms with Crippen molar-refractivity contribution in [1.29, 1.82) is 0 Å². The van der Waals surface area contributed by atoms with E-state index in [1.54, 1.807) is 0 Å². The average Bonchev–Trinajstić information content (AvgIpc) is 2.94. The van der Waals surface area contributed by atoms with Crippen LogP contribution in [0.25, 0.3) is 22.2 Å². The minimum absolute atomic E-state index is 0.506. The number of hydrogen-bond donors (Lipinski definition) is 1. The highest BCUT2D eigenvalue weighted by Gasteiger charge is 2.15. The van der Waals surface area contributed by atoms with Crippen LogP contribution in [-0.4, -0.2) is 15.1 Å². The topological polar surface area (TPSA) is 77.8 Å². The Morgan fingerprint density at radius 1 is 1.05 bits per heavy atom. The lowest BCUT2D eigenvalue weighted by Gasteiger charge is -1.98. The van der Waals surface area contributed by atoms with Crippen LogP contribution in [0.5, 0.6) is 0 Å². The summed E-state index contributed by atoms with van der Waals surface area (Å²) in [5, 5.41) is 4.79. The van der Waals surface area contributed by atoms with Gasteiger partial charge in [0.05, 0.1) is 9.88 Å². The molecule has 3 rings (SSSR count). The van der Waals surface area contributed by atoms with Crippen molar-refractivity contribution in [3.63, 3.8) is 0 Å². The van der Waals surface area contributed by atoms with Gasteiger partial charge in [0.2, 0.25) is 5.82 Å². The van der Waals surface area contributed by atoms with Crippen LogP contribution in [0.3, 0.4) is 0 Å². The number of aromatic nitrogens is 3.